The van der Waals surface area contributed by atoms with Crippen molar-refractivity contribution < 1.29 is 9.53 Å². The molecule has 116 valence electrons. The van der Waals surface area contributed by atoms with Crippen molar-refractivity contribution >= 4 is 23.6 Å². The first kappa shape index (κ1) is 16.3. The zero-order chi connectivity index (χ0) is 16.1. The fraction of sp³-hybridized carbons (Fsp3) is 0.375. The van der Waals surface area contributed by atoms with Crippen LogP contribution in [-0.2, 0) is 4.79 Å². The summed E-state index contributed by atoms with van der Waals surface area (Å²) in [6.07, 6.45) is 1.56. The van der Waals surface area contributed by atoms with E-state index in [1.54, 1.807) is 29.2 Å². The molecular formula is C16H18ClN3O2. The van der Waals surface area contributed by atoms with E-state index in [2.05, 4.69) is 4.90 Å². The fourth-order valence-electron chi connectivity index (χ4n) is 2.26. The summed E-state index contributed by atoms with van der Waals surface area (Å²) in [5.74, 6) is 0.324. The summed E-state index contributed by atoms with van der Waals surface area (Å²) in [4.78, 5) is 16.3. The molecule has 1 aromatic rings. The smallest absolute Gasteiger partial charge is 0.264 e. The molecule has 0 aromatic heterocycles. The lowest BCUT2D eigenvalue weighted by Crippen LogP contribution is -2.47. The molecule has 1 aromatic carbocycles. The van der Waals surface area contributed by atoms with Gasteiger partial charge in [-0.1, -0.05) is 17.7 Å². The van der Waals surface area contributed by atoms with Crippen molar-refractivity contribution in [2.75, 3.05) is 40.3 Å². The van der Waals surface area contributed by atoms with E-state index < -0.39 is 0 Å². The number of nitrogens with zero attached hydrogens (tertiary/aromatic N) is 3. The summed E-state index contributed by atoms with van der Waals surface area (Å²) in [7, 11) is 3.55. The van der Waals surface area contributed by atoms with E-state index >= 15 is 0 Å². The zero-order valence-electron chi connectivity index (χ0n) is 12.7. The third-order valence-electron chi connectivity index (χ3n) is 3.63. The number of halogens is 1. The molecule has 0 N–H and O–H groups in total. The van der Waals surface area contributed by atoms with Gasteiger partial charge in [0.05, 0.1) is 12.1 Å². The maximum absolute atomic E-state index is 12.4. The van der Waals surface area contributed by atoms with Gasteiger partial charge in [-0.3, -0.25) is 4.79 Å². The van der Waals surface area contributed by atoms with E-state index in [1.807, 2.05) is 13.1 Å². The zero-order valence-corrected chi connectivity index (χ0v) is 13.4. The molecule has 1 aliphatic heterocycles. The first-order chi connectivity index (χ1) is 10.5. The van der Waals surface area contributed by atoms with Gasteiger partial charge in [0, 0.05) is 26.2 Å². The maximum atomic E-state index is 12.4. The minimum atomic E-state index is -0.234. The van der Waals surface area contributed by atoms with Crippen LogP contribution in [0.2, 0.25) is 5.02 Å². The average molecular weight is 320 g/mol. The molecule has 0 bridgehead atoms. The van der Waals surface area contributed by atoms with E-state index in [0.29, 0.717) is 29.4 Å². The molecule has 0 unspecified atom stereocenters. The number of carbonyl (C=O) groups is 1. The average Bonchev–Trinajstić information content (AvgIpc) is 2.53. The van der Waals surface area contributed by atoms with Crippen LogP contribution >= 0.6 is 11.6 Å². The SMILES string of the molecule is COc1ccc(/C=C(\C#N)C(=O)N2CCN(C)CC2)cc1Cl. The summed E-state index contributed by atoms with van der Waals surface area (Å²) in [5.41, 5.74) is 0.815. The molecule has 1 saturated heterocycles. The predicted molar refractivity (Wildman–Crippen MR) is 85.7 cm³/mol. The lowest BCUT2D eigenvalue weighted by atomic mass is 10.1. The summed E-state index contributed by atoms with van der Waals surface area (Å²) >= 11 is 6.06. The van der Waals surface area contributed by atoms with Crippen molar-refractivity contribution in [1.82, 2.24) is 9.80 Å². The van der Waals surface area contributed by atoms with Gasteiger partial charge in [-0.15, -0.1) is 0 Å². The Kier molecular flexibility index (Phi) is 5.42. The third kappa shape index (κ3) is 3.79. The molecule has 0 spiro atoms. The van der Waals surface area contributed by atoms with E-state index in [4.69, 9.17) is 16.3 Å². The number of amides is 1. The lowest BCUT2D eigenvalue weighted by Gasteiger charge is -2.32. The molecule has 1 aliphatic rings. The monoisotopic (exact) mass is 319 g/mol. The van der Waals surface area contributed by atoms with E-state index in [-0.39, 0.29) is 11.5 Å². The molecule has 0 aliphatic carbocycles. The third-order valence-corrected chi connectivity index (χ3v) is 3.92. The van der Waals surface area contributed by atoms with Crippen LogP contribution in [0.3, 0.4) is 0 Å². The molecule has 2 rings (SSSR count). The number of piperazine rings is 1. The summed E-state index contributed by atoms with van der Waals surface area (Å²) in [6, 6.07) is 7.14. The van der Waals surface area contributed by atoms with Crippen molar-refractivity contribution in [1.29, 1.82) is 5.26 Å². The van der Waals surface area contributed by atoms with Crippen molar-refractivity contribution in [2.24, 2.45) is 0 Å². The van der Waals surface area contributed by atoms with E-state index in [1.165, 1.54) is 7.11 Å². The molecule has 0 atom stereocenters. The van der Waals surface area contributed by atoms with E-state index in [0.717, 1.165) is 13.1 Å². The van der Waals surface area contributed by atoms with Gasteiger partial charge >= 0.3 is 0 Å². The first-order valence-electron chi connectivity index (χ1n) is 6.98. The molecule has 0 radical (unpaired) electrons. The summed E-state index contributed by atoms with van der Waals surface area (Å²) in [6.45, 7) is 2.91. The minimum Gasteiger partial charge on any atom is -0.495 e. The second kappa shape index (κ2) is 7.30. The van der Waals surface area contributed by atoms with Gasteiger partial charge in [0.1, 0.15) is 17.4 Å². The highest BCUT2D eigenvalue weighted by Gasteiger charge is 2.22. The highest BCUT2D eigenvalue weighted by molar-refractivity contribution is 6.32. The van der Waals surface area contributed by atoms with Gasteiger partial charge in [-0.25, -0.2) is 0 Å². The largest absolute Gasteiger partial charge is 0.495 e. The van der Waals surface area contributed by atoms with Gasteiger partial charge in [-0.2, -0.15) is 5.26 Å². The maximum Gasteiger partial charge on any atom is 0.264 e. The van der Waals surface area contributed by atoms with Crippen molar-refractivity contribution in [3.63, 3.8) is 0 Å². The van der Waals surface area contributed by atoms with Crippen molar-refractivity contribution in [3.05, 3.63) is 34.4 Å². The van der Waals surface area contributed by atoms with Crippen molar-refractivity contribution in [2.45, 2.75) is 0 Å². The Morgan fingerprint density at radius 1 is 1.36 bits per heavy atom. The number of carbonyl (C=O) groups excluding carboxylic acids is 1. The predicted octanol–water partition coefficient (Wildman–Crippen LogP) is 2.03. The molecule has 5 nitrogen and oxygen atoms in total. The molecular weight excluding hydrogens is 302 g/mol. The Labute approximate surface area is 135 Å². The Bertz CT molecular complexity index is 629. The van der Waals surface area contributed by atoms with Crippen LogP contribution in [0.15, 0.2) is 23.8 Å². The first-order valence-corrected chi connectivity index (χ1v) is 7.36. The standard InChI is InChI=1S/C16H18ClN3O2/c1-19-5-7-20(8-6-19)16(21)13(11-18)9-12-3-4-15(22-2)14(17)10-12/h3-4,9-10H,5-8H2,1-2H3/b13-9+. The quantitative estimate of drug-likeness (QED) is 0.632. The number of nitriles is 1. The molecule has 1 fully saturated rings. The van der Waals surface area contributed by atoms with Crippen LogP contribution in [0.5, 0.6) is 5.75 Å². The lowest BCUT2D eigenvalue weighted by molar-refractivity contribution is -0.128. The number of hydrogen-bond donors (Lipinski definition) is 0. The molecule has 1 amide bonds. The Balaban J connectivity index is 2.18. The van der Waals surface area contributed by atoms with Crippen LogP contribution in [0.4, 0.5) is 0 Å². The van der Waals surface area contributed by atoms with Crippen LogP contribution in [0, 0.1) is 11.3 Å². The Hall–Kier alpha value is -2.03. The highest BCUT2D eigenvalue weighted by atomic mass is 35.5. The van der Waals surface area contributed by atoms with Crippen molar-refractivity contribution in [3.8, 4) is 11.8 Å². The number of benzene rings is 1. The van der Waals surface area contributed by atoms with Gasteiger partial charge < -0.3 is 14.5 Å². The van der Waals surface area contributed by atoms with E-state index in [9.17, 15) is 10.1 Å². The van der Waals surface area contributed by atoms with Crippen LogP contribution < -0.4 is 4.74 Å². The molecule has 0 saturated carbocycles. The summed E-state index contributed by atoms with van der Waals surface area (Å²) in [5, 5.41) is 9.72. The number of hydrogen-bond acceptors (Lipinski definition) is 4. The Morgan fingerprint density at radius 3 is 2.59 bits per heavy atom. The molecule has 22 heavy (non-hydrogen) atoms. The second-order valence-corrected chi connectivity index (χ2v) is 5.57. The normalized spacial score (nSPS) is 16.3. The van der Waals surface area contributed by atoms with Crippen LogP contribution in [-0.4, -0.2) is 56.0 Å². The van der Waals surface area contributed by atoms with Gasteiger partial charge in [0.15, 0.2) is 0 Å². The van der Waals surface area contributed by atoms with Crippen LogP contribution in [0.25, 0.3) is 6.08 Å². The topological polar surface area (TPSA) is 56.6 Å². The van der Waals surface area contributed by atoms with Gasteiger partial charge in [0.2, 0.25) is 0 Å². The Morgan fingerprint density at radius 2 is 2.05 bits per heavy atom. The molecule has 6 heteroatoms. The number of methoxy groups -OCH3 is 1. The van der Waals surface area contributed by atoms with Crippen LogP contribution in [0.1, 0.15) is 5.56 Å². The number of rotatable bonds is 3. The summed E-state index contributed by atoms with van der Waals surface area (Å²) < 4.78 is 5.09. The second-order valence-electron chi connectivity index (χ2n) is 5.16. The number of likely N-dealkylation sites (N-methyl/N-ethyl adjacent to an activating group) is 1. The minimum absolute atomic E-state index is 0.116. The van der Waals surface area contributed by atoms with Gasteiger partial charge in [-0.05, 0) is 30.8 Å². The highest BCUT2D eigenvalue weighted by Crippen LogP contribution is 2.26. The molecule has 1 heterocycles. The fourth-order valence-corrected chi connectivity index (χ4v) is 2.53. The van der Waals surface area contributed by atoms with Gasteiger partial charge in [0.25, 0.3) is 5.91 Å². The number of ether oxygens (including phenoxy) is 1.